The van der Waals surface area contributed by atoms with Crippen molar-refractivity contribution in [3.63, 3.8) is 0 Å². The monoisotopic (exact) mass is 377 g/mol. The zero-order chi connectivity index (χ0) is 19.3. The first-order valence-electron chi connectivity index (χ1n) is 9.10. The second-order valence-electron chi connectivity index (χ2n) is 6.86. The second kappa shape index (κ2) is 6.37. The second-order valence-corrected chi connectivity index (χ2v) is 6.86. The Labute approximate surface area is 160 Å². The number of halogens is 2. The van der Waals surface area contributed by atoms with Crippen molar-refractivity contribution >= 4 is 16.7 Å². The van der Waals surface area contributed by atoms with Crippen LogP contribution >= 0.6 is 0 Å². The minimum absolute atomic E-state index is 0.384. The predicted molar refractivity (Wildman–Crippen MR) is 103 cm³/mol. The minimum Gasteiger partial charge on any atom is -0.373 e. The van der Waals surface area contributed by atoms with Gasteiger partial charge in [0.25, 0.3) is 0 Å². The quantitative estimate of drug-likeness (QED) is 0.515. The molecule has 1 N–H and O–H groups in total. The Morgan fingerprint density at radius 3 is 2.71 bits per heavy atom. The molecule has 0 atom stereocenters. The summed E-state index contributed by atoms with van der Waals surface area (Å²) in [6.45, 7) is 0.833. The van der Waals surface area contributed by atoms with Crippen LogP contribution < -0.4 is 5.32 Å². The Morgan fingerprint density at radius 2 is 1.86 bits per heavy atom. The third kappa shape index (κ3) is 2.70. The fourth-order valence-corrected chi connectivity index (χ4v) is 3.70. The number of aromatic nitrogens is 4. The zero-order valence-electron chi connectivity index (χ0n) is 15.2. The van der Waals surface area contributed by atoms with Gasteiger partial charge < -0.3 is 9.88 Å². The summed E-state index contributed by atoms with van der Waals surface area (Å²) < 4.78 is 29.3. The molecule has 4 aromatic rings. The van der Waals surface area contributed by atoms with Gasteiger partial charge in [-0.15, -0.1) is 0 Å². The van der Waals surface area contributed by atoms with Crippen LogP contribution in [0.5, 0.6) is 0 Å². The zero-order valence-corrected chi connectivity index (χ0v) is 15.2. The number of nitrogens with one attached hydrogen (secondary N) is 1. The van der Waals surface area contributed by atoms with Crippen LogP contribution in [0.4, 0.5) is 14.6 Å². The van der Waals surface area contributed by atoms with Gasteiger partial charge in [0.2, 0.25) is 0 Å². The predicted octanol–water partition coefficient (Wildman–Crippen LogP) is 3.96. The first-order valence-corrected chi connectivity index (χ1v) is 9.10. The Balaban J connectivity index is 1.42. The summed E-state index contributed by atoms with van der Waals surface area (Å²) in [6, 6.07) is 10.5. The van der Waals surface area contributed by atoms with E-state index >= 15 is 0 Å². The molecule has 0 unspecified atom stereocenters. The molecule has 0 saturated carbocycles. The molecular formula is C21H17F2N5. The lowest BCUT2D eigenvalue weighted by Crippen LogP contribution is -2.04. The molecule has 5 nitrogen and oxygen atoms in total. The summed E-state index contributed by atoms with van der Waals surface area (Å²) in [4.78, 5) is 13.6. The van der Waals surface area contributed by atoms with Crippen LogP contribution in [0.1, 0.15) is 17.1 Å². The average Bonchev–Trinajstić information content (AvgIpc) is 3.24. The minimum atomic E-state index is -0.914. The van der Waals surface area contributed by atoms with Crippen molar-refractivity contribution in [2.75, 3.05) is 12.4 Å². The van der Waals surface area contributed by atoms with Gasteiger partial charge in [-0.05, 0) is 18.1 Å². The fraction of sp³-hybridized carbons (Fsp3) is 0.190. The smallest absolute Gasteiger partial charge is 0.161 e. The standard InChI is InChI=1S/C21H17F2N5/c1-24-20-15-8-16(22)17(23)9-18(15)26-19(27-20)7-6-13-11-28-10-12-4-2-3-5-14(12)21(28)25-13/h2-5,8-9,11H,6-7,10H2,1H3,(H,24,26,27). The summed E-state index contributed by atoms with van der Waals surface area (Å²) in [5, 5.41) is 3.40. The average molecular weight is 377 g/mol. The summed E-state index contributed by atoms with van der Waals surface area (Å²) in [5.74, 6) is 0.214. The molecule has 0 bridgehead atoms. The van der Waals surface area contributed by atoms with Crippen LogP contribution in [-0.2, 0) is 19.4 Å². The lowest BCUT2D eigenvalue weighted by atomic mass is 10.1. The van der Waals surface area contributed by atoms with Gasteiger partial charge in [0.05, 0.1) is 11.2 Å². The molecule has 0 amide bonds. The number of nitrogens with zero attached hydrogens (tertiary/aromatic N) is 4. The first-order chi connectivity index (χ1) is 13.6. The highest BCUT2D eigenvalue weighted by Crippen LogP contribution is 2.31. The van der Waals surface area contributed by atoms with Gasteiger partial charge in [0.15, 0.2) is 11.6 Å². The molecule has 140 valence electrons. The molecule has 7 heteroatoms. The Bertz CT molecular complexity index is 1220. The molecule has 1 aliphatic rings. The first kappa shape index (κ1) is 16.8. The number of hydrogen-bond acceptors (Lipinski definition) is 4. The normalized spacial score (nSPS) is 12.2. The van der Waals surface area contributed by atoms with E-state index < -0.39 is 11.6 Å². The topological polar surface area (TPSA) is 55.6 Å². The molecule has 1 aliphatic heterocycles. The largest absolute Gasteiger partial charge is 0.373 e. The third-order valence-corrected chi connectivity index (χ3v) is 5.05. The van der Waals surface area contributed by atoms with E-state index in [1.165, 1.54) is 11.1 Å². The van der Waals surface area contributed by atoms with Crippen molar-refractivity contribution in [2.45, 2.75) is 19.4 Å². The molecule has 0 saturated heterocycles. The summed E-state index contributed by atoms with van der Waals surface area (Å²) >= 11 is 0. The molecule has 0 fully saturated rings. The fourth-order valence-electron chi connectivity index (χ4n) is 3.70. The molecule has 3 heterocycles. The van der Waals surface area contributed by atoms with E-state index in [0.29, 0.717) is 35.4 Å². The highest BCUT2D eigenvalue weighted by atomic mass is 19.2. The van der Waals surface area contributed by atoms with E-state index in [-0.39, 0.29) is 0 Å². The van der Waals surface area contributed by atoms with Crippen molar-refractivity contribution in [2.24, 2.45) is 0 Å². The van der Waals surface area contributed by atoms with Crippen LogP contribution in [0.3, 0.4) is 0 Å². The molecule has 0 aliphatic carbocycles. The number of rotatable bonds is 4. The lowest BCUT2D eigenvalue weighted by Gasteiger charge is -2.08. The summed E-state index contributed by atoms with van der Waals surface area (Å²) in [7, 11) is 1.70. The van der Waals surface area contributed by atoms with E-state index in [0.717, 1.165) is 30.2 Å². The molecule has 0 radical (unpaired) electrons. The van der Waals surface area contributed by atoms with Gasteiger partial charge in [-0.3, -0.25) is 0 Å². The van der Waals surface area contributed by atoms with Crippen LogP contribution in [0.25, 0.3) is 22.3 Å². The number of benzene rings is 2. The number of fused-ring (bicyclic) bond motifs is 4. The van der Waals surface area contributed by atoms with E-state index in [2.05, 4.69) is 38.2 Å². The van der Waals surface area contributed by atoms with Crippen molar-refractivity contribution in [3.05, 3.63) is 71.3 Å². The third-order valence-electron chi connectivity index (χ3n) is 5.05. The maximum Gasteiger partial charge on any atom is 0.161 e. The van der Waals surface area contributed by atoms with Gasteiger partial charge in [-0.2, -0.15) is 0 Å². The molecule has 2 aromatic heterocycles. The molecular weight excluding hydrogens is 360 g/mol. The highest BCUT2D eigenvalue weighted by molar-refractivity contribution is 5.89. The van der Waals surface area contributed by atoms with Gasteiger partial charge >= 0.3 is 0 Å². The van der Waals surface area contributed by atoms with Crippen LogP contribution in [0.15, 0.2) is 42.6 Å². The van der Waals surface area contributed by atoms with E-state index in [1.807, 2.05) is 12.1 Å². The van der Waals surface area contributed by atoms with E-state index in [1.54, 1.807) is 7.05 Å². The van der Waals surface area contributed by atoms with Gasteiger partial charge in [-0.25, -0.2) is 23.7 Å². The van der Waals surface area contributed by atoms with E-state index in [4.69, 9.17) is 4.98 Å². The van der Waals surface area contributed by atoms with Crippen molar-refractivity contribution in [3.8, 4) is 11.4 Å². The molecule has 0 spiro atoms. The molecule has 5 rings (SSSR count). The SMILES string of the molecule is CNc1nc(CCc2cn3c(n2)-c2ccccc2C3)nc2cc(F)c(F)cc12. The number of anilines is 1. The van der Waals surface area contributed by atoms with Crippen molar-refractivity contribution < 1.29 is 8.78 Å². The number of hydrogen-bond donors (Lipinski definition) is 1. The Hall–Kier alpha value is -3.35. The maximum absolute atomic E-state index is 13.6. The summed E-state index contributed by atoms with van der Waals surface area (Å²) in [5.41, 5.74) is 3.80. The lowest BCUT2D eigenvalue weighted by molar-refractivity contribution is 0.510. The maximum atomic E-state index is 13.6. The Morgan fingerprint density at radius 1 is 1.04 bits per heavy atom. The van der Waals surface area contributed by atoms with Crippen LogP contribution in [-0.4, -0.2) is 26.6 Å². The number of imidazole rings is 1. The van der Waals surface area contributed by atoms with Gasteiger partial charge in [0.1, 0.15) is 17.5 Å². The van der Waals surface area contributed by atoms with Gasteiger partial charge in [-0.1, -0.05) is 24.3 Å². The summed E-state index contributed by atoms with van der Waals surface area (Å²) in [6.07, 6.45) is 3.28. The van der Waals surface area contributed by atoms with Crippen molar-refractivity contribution in [1.29, 1.82) is 0 Å². The Kier molecular flexibility index (Phi) is 3.82. The van der Waals surface area contributed by atoms with E-state index in [9.17, 15) is 8.78 Å². The van der Waals surface area contributed by atoms with Crippen LogP contribution in [0.2, 0.25) is 0 Å². The van der Waals surface area contributed by atoms with Crippen LogP contribution in [0, 0.1) is 11.6 Å². The number of aryl methyl sites for hydroxylation is 2. The molecule has 2 aromatic carbocycles. The van der Waals surface area contributed by atoms with Crippen molar-refractivity contribution in [1.82, 2.24) is 19.5 Å². The molecule has 28 heavy (non-hydrogen) atoms. The highest BCUT2D eigenvalue weighted by Gasteiger charge is 2.20. The van der Waals surface area contributed by atoms with Gasteiger partial charge in [0, 0.05) is 43.2 Å².